The molecule has 0 unspecified atom stereocenters. The van der Waals surface area contributed by atoms with Crippen LogP contribution >= 0.6 is 0 Å². The molecule has 150 valence electrons. The molecule has 0 saturated carbocycles. The molecule has 0 spiro atoms. The summed E-state index contributed by atoms with van der Waals surface area (Å²) >= 11 is 0. The zero-order valence-electron chi connectivity index (χ0n) is 15.2. The second kappa shape index (κ2) is 6.98. The minimum atomic E-state index is -4.40. The number of carbonyl (C=O) groups is 2. The van der Waals surface area contributed by atoms with Crippen LogP contribution in [-0.4, -0.2) is 20.2 Å². The van der Waals surface area contributed by atoms with E-state index in [0.29, 0.717) is 16.7 Å². The fourth-order valence-electron chi connectivity index (χ4n) is 3.20. The molecule has 8 nitrogen and oxygen atoms in total. The summed E-state index contributed by atoms with van der Waals surface area (Å²) in [6, 6.07) is 9.09. The summed E-state index contributed by atoms with van der Waals surface area (Å²) in [5, 5.41) is 3.22. The van der Waals surface area contributed by atoms with Crippen molar-refractivity contribution >= 4 is 38.5 Å². The van der Waals surface area contributed by atoms with Gasteiger partial charge in [0.1, 0.15) is 16.3 Å². The molecule has 1 aliphatic heterocycles. The molecule has 0 fully saturated rings. The van der Waals surface area contributed by atoms with Gasteiger partial charge in [-0.3, -0.25) is 15.0 Å². The number of hydrazine groups is 1. The molecular formula is C19H16FN3O5S. The monoisotopic (exact) mass is 417 g/mol. The Labute approximate surface area is 165 Å². The Kier molecular flexibility index (Phi) is 4.59. The molecule has 0 radical (unpaired) electrons. The predicted molar refractivity (Wildman–Crippen MR) is 102 cm³/mol. The predicted octanol–water partition coefficient (Wildman–Crippen LogP) is 2.39. The molecule has 10 heteroatoms. The lowest BCUT2D eigenvalue weighted by Gasteiger charge is -2.18. The van der Waals surface area contributed by atoms with E-state index in [4.69, 9.17) is 4.42 Å². The second-order valence-electron chi connectivity index (χ2n) is 6.60. The number of carbonyl (C=O) groups excluding carboxylic acids is 2. The number of amides is 2. The SMILES string of the molecule is Cc1c(C(=O)NNS(=O)(=O)c2cc3c(cc2F)NC(=O)CC3)oc2ccccc12. The Balaban J connectivity index is 1.57. The number of hydrogen-bond acceptors (Lipinski definition) is 5. The van der Waals surface area contributed by atoms with E-state index in [1.165, 1.54) is 0 Å². The van der Waals surface area contributed by atoms with Crippen molar-refractivity contribution in [3.05, 3.63) is 59.1 Å². The van der Waals surface area contributed by atoms with Gasteiger partial charge < -0.3 is 9.73 Å². The van der Waals surface area contributed by atoms with Crippen molar-refractivity contribution in [3.8, 4) is 0 Å². The Morgan fingerprint density at radius 1 is 1.21 bits per heavy atom. The standard InChI is InChI=1S/C19H16FN3O5S/c1-10-12-4-2-3-5-15(12)28-18(10)19(25)22-23-29(26,27)16-8-11-6-7-17(24)21-14(11)9-13(16)20/h2-5,8-9,23H,6-7H2,1H3,(H,21,24)(H,22,25). The van der Waals surface area contributed by atoms with Crippen LogP contribution in [0.5, 0.6) is 0 Å². The maximum atomic E-state index is 14.3. The summed E-state index contributed by atoms with van der Waals surface area (Å²) in [5.74, 6) is -2.18. The summed E-state index contributed by atoms with van der Waals surface area (Å²) in [6.07, 6.45) is 0.460. The average molecular weight is 417 g/mol. The highest BCUT2D eigenvalue weighted by Gasteiger charge is 2.26. The van der Waals surface area contributed by atoms with Crippen molar-refractivity contribution in [2.75, 3.05) is 5.32 Å². The van der Waals surface area contributed by atoms with Gasteiger partial charge in [-0.05, 0) is 37.1 Å². The summed E-state index contributed by atoms with van der Waals surface area (Å²) in [4.78, 5) is 25.1. The first-order chi connectivity index (χ1) is 13.8. The molecule has 0 aliphatic carbocycles. The molecule has 2 aromatic carbocycles. The normalized spacial score (nSPS) is 13.8. The molecule has 3 aromatic rings. The number of nitrogens with one attached hydrogen (secondary N) is 3. The van der Waals surface area contributed by atoms with Crippen LogP contribution in [0.4, 0.5) is 10.1 Å². The van der Waals surface area contributed by atoms with Gasteiger partial charge >= 0.3 is 5.91 Å². The molecule has 1 aromatic heterocycles. The lowest BCUT2D eigenvalue weighted by atomic mass is 10.0. The van der Waals surface area contributed by atoms with Crippen LogP contribution in [0.1, 0.15) is 28.1 Å². The number of benzene rings is 2. The minimum absolute atomic E-state index is 0.0532. The van der Waals surface area contributed by atoms with Gasteiger partial charge in [-0.1, -0.05) is 18.2 Å². The highest BCUT2D eigenvalue weighted by molar-refractivity contribution is 7.89. The molecule has 29 heavy (non-hydrogen) atoms. The van der Waals surface area contributed by atoms with Gasteiger partial charge in [0.25, 0.3) is 10.0 Å². The molecule has 0 saturated heterocycles. The van der Waals surface area contributed by atoms with Crippen LogP contribution in [0, 0.1) is 12.7 Å². The Morgan fingerprint density at radius 2 is 1.97 bits per heavy atom. The Hall–Kier alpha value is -3.24. The third-order valence-corrected chi connectivity index (χ3v) is 5.95. The Bertz CT molecular complexity index is 1270. The zero-order chi connectivity index (χ0) is 20.8. The van der Waals surface area contributed by atoms with Gasteiger partial charge in [-0.15, -0.1) is 4.83 Å². The largest absolute Gasteiger partial charge is 0.451 e. The number of furan rings is 1. The first kappa shape index (κ1) is 19.1. The smallest absolute Gasteiger partial charge is 0.302 e. The van der Waals surface area contributed by atoms with E-state index in [2.05, 4.69) is 5.32 Å². The molecular weight excluding hydrogens is 401 g/mol. The van der Waals surface area contributed by atoms with Gasteiger partial charge in [0.2, 0.25) is 5.91 Å². The molecule has 2 amide bonds. The van der Waals surface area contributed by atoms with Crippen LogP contribution in [0.15, 0.2) is 45.7 Å². The topological polar surface area (TPSA) is 118 Å². The van der Waals surface area contributed by atoms with Crippen molar-refractivity contribution in [1.82, 2.24) is 10.3 Å². The molecule has 2 heterocycles. The second-order valence-corrected chi connectivity index (χ2v) is 8.25. The van der Waals surface area contributed by atoms with E-state index in [0.717, 1.165) is 17.5 Å². The maximum Gasteiger partial charge on any atom is 0.302 e. The van der Waals surface area contributed by atoms with Crippen molar-refractivity contribution in [1.29, 1.82) is 0 Å². The van der Waals surface area contributed by atoms with Crippen molar-refractivity contribution in [2.24, 2.45) is 0 Å². The summed E-state index contributed by atoms with van der Waals surface area (Å²) < 4.78 is 44.9. The number of para-hydroxylation sites is 1. The average Bonchev–Trinajstić information content (AvgIpc) is 3.02. The van der Waals surface area contributed by atoms with Crippen molar-refractivity contribution < 1.29 is 26.8 Å². The van der Waals surface area contributed by atoms with Crippen LogP contribution in [0.25, 0.3) is 11.0 Å². The van der Waals surface area contributed by atoms with Gasteiger partial charge in [-0.2, -0.15) is 0 Å². The number of fused-ring (bicyclic) bond motifs is 2. The van der Waals surface area contributed by atoms with Crippen LogP contribution < -0.4 is 15.6 Å². The lowest BCUT2D eigenvalue weighted by Crippen LogP contribution is -2.42. The number of halogens is 1. The molecule has 0 bridgehead atoms. The zero-order valence-corrected chi connectivity index (χ0v) is 16.0. The third kappa shape index (κ3) is 3.47. The summed E-state index contributed by atoms with van der Waals surface area (Å²) in [7, 11) is -4.40. The van der Waals surface area contributed by atoms with Gasteiger partial charge in [-0.25, -0.2) is 12.8 Å². The van der Waals surface area contributed by atoms with Gasteiger partial charge in [0, 0.05) is 23.1 Å². The van der Waals surface area contributed by atoms with Crippen LogP contribution in [0.3, 0.4) is 0 Å². The van der Waals surface area contributed by atoms with Gasteiger partial charge in [0.15, 0.2) is 5.76 Å². The van der Waals surface area contributed by atoms with E-state index in [-0.39, 0.29) is 30.2 Å². The van der Waals surface area contributed by atoms with Crippen molar-refractivity contribution in [3.63, 3.8) is 0 Å². The number of sulfonamides is 1. The number of aryl methyl sites for hydroxylation is 2. The van der Waals surface area contributed by atoms with Crippen LogP contribution in [0.2, 0.25) is 0 Å². The number of hydrogen-bond donors (Lipinski definition) is 3. The van der Waals surface area contributed by atoms with Gasteiger partial charge in [0.05, 0.1) is 0 Å². The maximum absolute atomic E-state index is 14.3. The Morgan fingerprint density at radius 3 is 2.72 bits per heavy atom. The third-order valence-electron chi connectivity index (χ3n) is 4.69. The summed E-state index contributed by atoms with van der Waals surface area (Å²) in [6.45, 7) is 1.67. The van der Waals surface area contributed by atoms with Crippen LogP contribution in [-0.2, 0) is 21.2 Å². The number of anilines is 1. The minimum Gasteiger partial charge on any atom is -0.451 e. The first-order valence-electron chi connectivity index (χ1n) is 8.69. The van der Waals surface area contributed by atoms with E-state index in [1.54, 1.807) is 31.2 Å². The van der Waals surface area contributed by atoms with E-state index in [1.807, 2.05) is 10.3 Å². The number of rotatable bonds is 4. The fourth-order valence-corrected chi connectivity index (χ4v) is 4.15. The van der Waals surface area contributed by atoms with Crippen molar-refractivity contribution in [2.45, 2.75) is 24.7 Å². The molecule has 3 N–H and O–H groups in total. The first-order valence-corrected chi connectivity index (χ1v) is 10.2. The lowest BCUT2D eigenvalue weighted by molar-refractivity contribution is -0.116. The molecule has 4 rings (SSSR count). The fraction of sp³-hybridized carbons (Fsp3) is 0.158. The highest BCUT2D eigenvalue weighted by atomic mass is 32.2. The highest BCUT2D eigenvalue weighted by Crippen LogP contribution is 2.28. The molecule has 0 atom stereocenters. The summed E-state index contributed by atoms with van der Waals surface area (Å²) in [5.41, 5.74) is 3.81. The van der Waals surface area contributed by atoms with E-state index < -0.39 is 26.6 Å². The molecule has 1 aliphatic rings. The van der Waals surface area contributed by atoms with E-state index in [9.17, 15) is 22.4 Å². The quantitative estimate of drug-likeness (QED) is 0.564. The van der Waals surface area contributed by atoms with E-state index >= 15 is 0 Å².